The number of carboxylic acids is 1. The number of hydrogen-bond donors (Lipinski definition) is 0. The fourth-order valence-electron chi connectivity index (χ4n) is 0.951. The molecule has 0 atom stereocenters. The SMILES string of the molecule is CCOCOc1ccc(C#CC(=O)[O-])cc1. The number of carbonyl (C=O) groups excluding carboxylic acids is 1. The summed E-state index contributed by atoms with van der Waals surface area (Å²) in [5.41, 5.74) is 0.591. The number of hydrogen-bond acceptors (Lipinski definition) is 4. The summed E-state index contributed by atoms with van der Waals surface area (Å²) in [7, 11) is 0. The van der Waals surface area contributed by atoms with Gasteiger partial charge in [0.05, 0.1) is 0 Å². The van der Waals surface area contributed by atoms with Gasteiger partial charge in [0.2, 0.25) is 0 Å². The van der Waals surface area contributed by atoms with Crippen LogP contribution in [0.4, 0.5) is 0 Å². The number of carbonyl (C=O) groups is 1. The lowest BCUT2D eigenvalue weighted by Gasteiger charge is -2.05. The normalized spacial score (nSPS) is 9.06. The summed E-state index contributed by atoms with van der Waals surface area (Å²) in [5, 5.41) is 10.1. The lowest BCUT2D eigenvalue weighted by Crippen LogP contribution is -2.19. The van der Waals surface area contributed by atoms with Gasteiger partial charge in [-0.15, -0.1) is 0 Å². The van der Waals surface area contributed by atoms with E-state index in [-0.39, 0.29) is 6.79 Å². The van der Waals surface area contributed by atoms with Gasteiger partial charge in [-0.1, -0.05) is 5.92 Å². The van der Waals surface area contributed by atoms with Crippen molar-refractivity contribution in [1.82, 2.24) is 0 Å². The van der Waals surface area contributed by atoms with Gasteiger partial charge >= 0.3 is 0 Å². The quantitative estimate of drug-likeness (QED) is 0.411. The van der Waals surface area contributed by atoms with Crippen LogP contribution in [-0.2, 0) is 9.53 Å². The summed E-state index contributed by atoms with van der Waals surface area (Å²) < 4.78 is 10.2. The predicted molar refractivity (Wildman–Crippen MR) is 55.4 cm³/mol. The minimum atomic E-state index is -1.39. The maximum absolute atomic E-state index is 10.1. The Morgan fingerprint density at radius 2 is 2.06 bits per heavy atom. The van der Waals surface area contributed by atoms with E-state index in [4.69, 9.17) is 9.47 Å². The molecule has 0 aliphatic carbocycles. The predicted octanol–water partition coefficient (Wildman–Crippen LogP) is 0.161. The van der Waals surface area contributed by atoms with E-state index in [2.05, 4.69) is 5.92 Å². The molecule has 0 aromatic heterocycles. The van der Waals surface area contributed by atoms with Crippen molar-refractivity contribution >= 4 is 5.97 Å². The van der Waals surface area contributed by atoms with Crippen molar-refractivity contribution in [3.05, 3.63) is 29.8 Å². The number of aliphatic carboxylic acids is 1. The summed E-state index contributed by atoms with van der Waals surface area (Å²) in [4.78, 5) is 10.1. The van der Waals surface area contributed by atoms with Crippen molar-refractivity contribution in [3.63, 3.8) is 0 Å². The maximum Gasteiger partial charge on any atom is 0.189 e. The topological polar surface area (TPSA) is 58.6 Å². The van der Waals surface area contributed by atoms with E-state index in [9.17, 15) is 9.90 Å². The van der Waals surface area contributed by atoms with E-state index in [1.807, 2.05) is 12.8 Å². The molecular weight excluding hydrogens is 208 g/mol. The summed E-state index contributed by atoms with van der Waals surface area (Å²) in [6.07, 6.45) is 0. The third-order valence-corrected chi connectivity index (χ3v) is 1.68. The van der Waals surface area contributed by atoms with Crippen molar-refractivity contribution < 1.29 is 19.4 Å². The van der Waals surface area contributed by atoms with Crippen LogP contribution in [0.25, 0.3) is 0 Å². The first-order valence-electron chi connectivity index (χ1n) is 4.76. The van der Waals surface area contributed by atoms with Crippen molar-refractivity contribution in [3.8, 4) is 17.6 Å². The van der Waals surface area contributed by atoms with Gasteiger partial charge in [-0.3, -0.25) is 0 Å². The summed E-state index contributed by atoms with van der Waals surface area (Å²) in [6.45, 7) is 2.66. The Labute approximate surface area is 93.8 Å². The van der Waals surface area contributed by atoms with Crippen LogP contribution in [0.5, 0.6) is 5.75 Å². The van der Waals surface area contributed by atoms with Crippen LogP contribution in [0.3, 0.4) is 0 Å². The Balaban J connectivity index is 2.55. The first-order valence-corrected chi connectivity index (χ1v) is 4.76. The molecule has 4 nitrogen and oxygen atoms in total. The van der Waals surface area contributed by atoms with Gasteiger partial charge in [-0.25, -0.2) is 0 Å². The molecule has 0 saturated heterocycles. The second-order valence-corrected chi connectivity index (χ2v) is 2.82. The average Bonchev–Trinajstić information content (AvgIpc) is 2.28. The second kappa shape index (κ2) is 6.49. The highest BCUT2D eigenvalue weighted by Crippen LogP contribution is 2.11. The van der Waals surface area contributed by atoms with Gasteiger partial charge < -0.3 is 19.4 Å². The van der Waals surface area contributed by atoms with E-state index in [0.717, 1.165) is 0 Å². The van der Waals surface area contributed by atoms with Crippen LogP contribution in [0.2, 0.25) is 0 Å². The standard InChI is InChI=1S/C12H12O4/c1-2-15-9-16-11-6-3-10(4-7-11)5-8-12(13)14/h3-4,6-7H,2,9H2,1H3,(H,13,14)/p-1. The van der Waals surface area contributed by atoms with Gasteiger partial charge in [-0.05, 0) is 37.1 Å². The molecule has 0 amide bonds. The first kappa shape index (κ1) is 12.1. The highest BCUT2D eigenvalue weighted by atomic mass is 16.7. The van der Waals surface area contributed by atoms with Crippen LogP contribution in [-0.4, -0.2) is 19.4 Å². The molecule has 0 unspecified atom stereocenters. The van der Waals surface area contributed by atoms with E-state index in [0.29, 0.717) is 17.9 Å². The molecule has 0 saturated carbocycles. The summed E-state index contributed by atoms with van der Waals surface area (Å²) in [6, 6.07) is 6.71. The van der Waals surface area contributed by atoms with Gasteiger partial charge in [0, 0.05) is 12.2 Å². The van der Waals surface area contributed by atoms with Gasteiger partial charge in [0.25, 0.3) is 0 Å². The van der Waals surface area contributed by atoms with Gasteiger partial charge in [-0.2, -0.15) is 0 Å². The smallest absolute Gasteiger partial charge is 0.189 e. The van der Waals surface area contributed by atoms with Crippen LogP contribution >= 0.6 is 0 Å². The molecule has 1 rings (SSSR count). The molecule has 1 aromatic carbocycles. The Morgan fingerprint density at radius 1 is 1.38 bits per heavy atom. The Morgan fingerprint density at radius 3 is 2.62 bits per heavy atom. The minimum absolute atomic E-state index is 0.195. The van der Waals surface area contributed by atoms with Gasteiger partial charge in [0.1, 0.15) is 11.7 Å². The Bertz CT molecular complexity index is 397. The van der Waals surface area contributed by atoms with Crippen LogP contribution in [0.15, 0.2) is 24.3 Å². The van der Waals surface area contributed by atoms with E-state index >= 15 is 0 Å². The molecular formula is C12H11O4-. The Kier molecular flexibility index (Phi) is 4.90. The lowest BCUT2D eigenvalue weighted by molar-refractivity contribution is -0.295. The van der Waals surface area contributed by atoms with E-state index in [1.54, 1.807) is 24.3 Å². The number of rotatable bonds is 4. The van der Waals surface area contributed by atoms with Crippen LogP contribution < -0.4 is 9.84 Å². The molecule has 0 radical (unpaired) electrons. The van der Waals surface area contributed by atoms with Crippen molar-refractivity contribution in [1.29, 1.82) is 0 Å². The van der Waals surface area contributed by atoms with E-state index < -0.39 is 5.97 Å². The molecule has 1 aromatic rings. The second-order valence-electron chi connectivity index (χ2n) is 2.82. The monoisotopic (exact) mass is 219 g/mol. The highest BCUT2D eigenvalue weighted by Gasteiger charge is 1.92. The van der Waals surface area contributed by atoms with E-state index in [1.165, 1.54) is 0 Å². The fraction of sp³-hybridized carbons (Fsp3) is 0.250. The first-order chi connectivity index (χ1) is 7.72. The molecule has 0 fully saturated rings. The molecule has 0 heterocycles. The van der Waals surface area contributed by atoms with Gasteiger partial charge in [0.15, 0.2) is 6.79 Å². The molecule has 16 heavy (non-hydrogen) atoms. The van der Waals surface area contributed by atoms with Crippen LogP contribution in [0, 0.1) is 11.8 Å². The number of carboxylic acid groups (broad SMARTS) is 1. The number of benzene rings is 1. The minimum Gasteiger partial charge on any atom is -0.537 e. The molecule has 4 heteroatoms. The Hall–Kier alpha value is -1.99. The molecule has 0 spiro atoms. The third kappa shape index (κ3) is 4.49. The lowest BCUT2D eigenvalue weighted by atomic mass is 10.2. The number of ether oxygens (including phenoxy) is 2. The molecule has 0 bridgehead atoms. The third-order valence-electron chi connectivity index (χ3n) is 1.68. The molecule has 84 valence electrons. The maximum atomic E-state index is 10.1. The fourth-order valence-corrected chi connectivity index (χ4v) is 0.951. The van der Waals surface area contributed by atoms with Crippen molar-refractivity contribution in [2.45, 2.75) is 6.92 Å². The van der Waals surface area contributed by atoms with Crippen molar-refractivity contribution in [2.75, 3.05) is 13.4 Å². The average molecular weight is 219 g/mol. The molecule has 0 aliphatic rings. The zero-order valence-corrected chi connectivity index (χ0v) is 8.86. The van der Waals surface area contributed by atoms with Crippen LogP contribution in [0.1, 0.15) is 12.5 Å². The highest BCUT2D eigenvalue weighted by molar-refractivity contribution is 5.85. The van der Waals surface area contributed by atoms with Crippen molar-refractivity contribution in [2.24, 2.45) is 0 Å². The molecule has 0 N–H and O–H groups in total. The summed E-state index contributed by atoms with van der Waals surface area (Å²) >= 11 is 0. The zero-order valence-electron chi connectivity index (χ0n) is 8.86. The summed E-state index contributed by atoms with van der Waals surface area (Å²) in [5.74, 6) is 3.62. The zero-order chi connectivity index (χ0) is 11.8. The molecule has 0 aliphatic heterocycles. The largest absolute Gasteiger partial charge is 0.537 e.